The second-order valence-corrected chi connectivity index (χ2v) is 5.94. The Bertz CT molecular complexity index is 816. The fourth-order valence-electron chi connectivity index (χ4n) is 2.14. The van der Waals surface area contributed by atoms with E-state index in [1.54, 1.807) is 12.1 Å². The second-order valence-electron chi connectivity index (χ2n) is 4.86. The Labute approximate surface area is 136 Å². The van der Waals surface area contributed by atoms with Crippen LogP contribution in [-0.2, 0) is 11.2 Å². The molecule has 116 valence electrons. The summed E-state index contributed by atoms with van der Waals surface area (Å²) in [5.41, 5.74) is 2.13. The summed E-state index contributed by atoms with van der Waals surface area (Å²) < 4.78 is 13.1. The quantitative estimate of drug-likeness (QED) is 0.732. The number of carboxylic acids is 1. The molecule has 0 aliphatic carbocycles. The van der Waals surface area contributed by atoms with Gasteiger partial charge in [0.05, 0.1) is 12.1 Å². The van der Waals surface area contributed by atoms with Crippen molar-refractivity contribution < 1.29 is 14.3 Å². The van der Waals surface area contributed by atoms with E-state index in [1.807, 2.05) is 30.3 Å². The summed E-state index contributed by atoms with van der Waals surface area (Å²) in [6.45, 7) is 0. The number of nitrogens with one attached hydrogen (secondary N) is 1. The highest BCUT2D eigenvalue weighted by molar-refractivity contribution is 7.16. The van der Waals surface area contributed by atoms with Gasteiger partial charge >= 0.3 is 5.97 Å². The molecule has 3 aromatic rings. The second kappa shape index (κ2) is 6.58. The molecule has 0 unspecified atom stereocenters. The summed E-state index contributed by atoms with van der Waals surface area (Å²) in [6.07, 6.45) is -0.124. The number of aliphatic carboxylic acids is 1. The minimum Gasteiger partial charge on any atom is -0.481 e. The number of halogens is 1. The number of anilines is 2. The van der Waals surface area contributed by atoms with E-state index in [1.165, 1.54) is 23.5 Å². The maximum absolute atomic E-state index is 13.1. The molecule has 6 heteroatoms. The van der Waals surface area contributed by atoms with Gasteiger partial charge in [0.2, 0.25) is 0 Å². The number of benzene rings is 2. The van der Waals surface area contributed by atoms with Crippen LogP contribution in [-0.4, -0.2) is 16.1 Å². The van der Waals surface area contributed by atoms with E-state index in [0.29, 0.717) is 21.3 Å². The smallest absolute Gasteiger partial charge is 0.308 e. The van der Waals surface area contributed by atoms with E-state index in [2.05, 4.69) is 10.3 Å². The van der Waals surface area contributed by atoms with Crippen molar-refractivity contribution in [3.8, 4) is 11.3 Å². The Morgan fingerprint density at radius 2 is 1.83 bits per heavy atom. The maximum Gasteiger partial charge on any atom is 0.308 e. The number of thiazole rings is 1. The van der Waals surface area contributed by atoms with Crippen molar-refractivity contribution in [1.82, 2.24) is 4.98 Å². The SMILES string of the molecule is O=C(O)Cc1sc(Nc2ccccc2)nc1-c1ccc(F)cc1. The number of hydrogen-bond acceptors (Lipinski definition) is 4. The molecule has 0 bridgehead atoms. The van der Waals surface area contributed by atoms with Gasteiger partial charge in [-0.2, -0.15) is 0 Å². The fraction of sp³-hybridized carbons (Fsp3) is 0.0588. The highest BCUT2D eigenvalue weighted by Gasteiger charge is 2.16. The maximum atomic E-state index is 13.1. The van der Waals surface area contributed by atoms with Crippen LogP contribution in [0.3, 0.4) is 0 Å². The lowest BCUT2D eigenvalue weighted by Crippen LogP contribution is -1.99. The summed E-state index contributed by atoms with van der Waals surface area (Å²) >= 11 is 1.28. The molecule has 0 radical (unpaired) electrons. The predicted octanol–water partition coefficient (Wildman–Crippen LogP) is 4.32. The van der Waals surface area contributed by atoms with Gasteiger partial charge in [-0.3, -0.25) is 4.79 Å². The average molecular weight is 328 g/mol. The lowest BCUT2D eigenvalue weighted by molar-refractivity contribution is -0.136. The molecule has 0 atom stereocenters. The van der Waals surface area contributed by atoms with Crippen molar-refractivity contribution in [3.05, 3.63) is 65.3 Å². The van der Waals surface area contributed by atoms with Gasteiger partial charge in [0.1, 0.15) is 5.82 Å². The van der Waals surface area contributed by atoms with Crippen molar-refractivity contribution in [1.29, 1.82) is 0 Å². The number of para-hydroxylation sites is 1. The number of aromatic nitrogens is 1. The molecule has 0 aliphatic heterocycles. The van der Waals surface area contributed by atoms with Crippen molar-refractivity contribution in [3.63, 3.8) is 0 Å². The van der Waals surface area contributed by atoms with Gasteiger partial charge in [0, 0.05) is 16.1 Å². The van der Waals surface area contributed by atoms with Gasteiger partial charge in [-0.1, -0.05) is 18.2 Å². The highest BCUT2D eigenvalue weighted by atomic mass is 32.1. The van der Waals surface area contributed by atoms with Gasteiger partial charge in [-0.15, -0.1) is 11.3 Å². The average Bonchev–Trinajstić information content (AvgIpc) is 2.90. The van der Waals surface area contributed by atoms with Crippen LogP contribution in [0.25, 0.3) is 11.3 Å². The summed E-state index contributed by atoms with van der Waals surface area (Å²) in [5.74, 6) is -1.27. The summed E-state index contributed by atoms with van der Waals surface area (Å²) in [7, 11) is 0. The lowest BCUT2D eigenvalue weighted by Gasteiger charge is -2.01. The van der Waals surface area contributed by atoms with Gasteiger partial charge in [-0.25, -0.2) is 9.37 Å². The van der Waals surface area contributed by atoms with E-state index < -0.39 is 5.97 Å². The molecular weight excluding hydrogens is 315 g/mol. The third kappa shape index (κ3) is 3.73. The van der Waals surface area contributed by atoms with E-state index in [9.17, 15) is 9.18 Å². The minimum absolute atomic E-state index is 0.124. The lowest BCUT2D eigenvalue weighted by atomic mass is 10.1. The van der Waals surface area contributed by atoms with Crippen molar-refractivity contribution in [2.45, 2.75) is 6.42 Å². The predicted molar refractivity (Wildman–Crippen MR) is 88.6 cm³/mol. The van der Waals surface area contributed by atoms with E-state index in [0.717, 1.165) is 5.69 Å². The topological polar surface area (TPSA) is 62.2 Å². The Kier molecular flexibility index (Phi) is 4.34. The fourth-order valence-corrected chi connectivity index (χ4v) is 3.14. The first kappa shape index (κ1) is 15.2. The van der Waals surface area contributed by atoms with Gasteiger partial charge in [0.25, 0.3) is 0 Å². The highest BCUT2D eigenvalue weighted by Crippen LogP contribution is 2.33. The molecule has 0 amide bonds. The first-order chi connectivity index (χ1) is 11.1. The molecule has 0 saturated carbocycles. The summed E-state index contributed by atoms with van der Waals surface area (Å²) in [6, 6.07) is 15.4. The molecule has 2 N–H and O–H groups in total. The standard InChI is InChI=1S/C17H13FN2O2S/c18-12-8-6-11(7-9-12)16-14(10-15(21)22)23-17(20-16)19-13-4-2-1-3-5-13/h1-9H,10H2,(H,19,20)(H,21,22). The molecule has 3 rings (SSSR count). The van der Waals surface area contributed by atoms with Gasteiger partial charge < -0.3 is 10.4 Å². The van der Waals surface area contributed by atoms with Crippen LogP contribution < -0.4 is 5.32 Å². The molecule has 0 aliphatic rings. The van der Waals surface area contributed by atoms with E-state index in [4.69, 9.17) is 5.11 Å². The number of hydrogen-bond donors (Lipinski definition) is 2. The Morgan fingerprint density at radius 1 is 1.13 bits per heavy atom. The molecule has 23 heavy (non-hydrogen) atoms. The zero-order chi connectivity index (χ0) is 16.2. The van der Waals surface area contributed by atoms with Crippen LogP contribution in [0.4, 0.5) is 15.2 Å². The van der Waals surface area contributed by atoms with Crippen LogP contribution in [0, 0.1) is 5.82 Å². The van der Waals surface area contributed by atoms with Crippen LogP contribution >= 0.6 is 11.3 Å². The first-order valence-corrected chi connectivity index (χ1v) is 7.73. The zero-order valence-electron chi connectivity index (χ0n) is 12.0. The molecule has 4 nitrogen and oxygen atoms in total. The summed E-state index contributed by atoms with van der Waals surface area (Å²) in [4.78, 5) is 16.2. The first-order valence-electron chi connectivity index (χ1n) is 6.91. The third-order valence-corrected chi connectivity index (χ3v) is 4.12. The molecule has 0 saturated heterocycles. The van der Waals surface area contributed by atoms with E-state index in [-0.39, 0.29) is 12.2 Å². The van der Waals surface area contributed by atoms with Crippen LogP contribution in [0.1, 0.15) is 4.88 Å². The third-order valence-electron chi connectivity index (χ3n) is 3.15. The number of rotatable bonds is 5. The minimum atomic E-state index is -0.928. The number of carbonyl (C=O) groups is 1. The van der Waals surface area contributed by atoms with Crippen LogP contribution in [0.5, 0.6) is 0 Å². The Balaban J connectivity index is 1.96. The molecule has 0 spiro atoms. The molecule has 0 fully saturated rings. The summed E-state index contributed by atoms with van der Waals surface area (Å²) in [5, 5.41) is 12.8. The molecule has 1 aromatic heterocycles. The van der Waals surface area contributed by atoms with Gasteiger partial charge in [-0.05, 0) is 36.4 Å². The van der Waals surface area contributed by atoms with Crippen LogP contribution in [0.15, 0.2) is 54.6 Å². The van der Waals surface area contributed by atoms with Crippen molar-refractivity contribution >= 4 is 28.1 Å². The monoisotopic (exact) mass is 328 g/mol. The molecule has 1 heterocycles. The molecular formula is C17H13FN2O2S. The van der Waals surface area contributed by atoms with Crippen LogP contribution in [0.2, 0.25) is 0 Å². The Morgan fingerprint density at radius 3 is 2.48 bits per heavy atom. The number of nitrogens with zero attached hydrogens (tertiary/aromatic N) is 1. The number of carboxylic acid groups (broad SMARTS) is 1. The van der Waals surface area contributed by atoms with Crippen molar-refractivity contribution in [2.75, 3.05) is 5.32 Å². The van der Waals surface area contributed by atoms with E-state index >= 15 is 0 Å². The zero-order valence-corrected chi connectivity index (χ0v) is 12.8. The Hall–Kier alpha value is -2.73. The molecule has 2 aromatic carbocycles. The van der Waals surface area contributed by atoms with Crippen molar-refractivity contribution in [2.24, 2.45) is 0 Å². The van der Waals surface area contributed by atoms with Gasteiger partial charge in [0.15, 0.2) is 5.13 Å². The largest absolute Gasteiger partial charge is 0.481 e. The normalized spacial score (nSPS) is 10.5.